The number of carbonyl (C=O) groups excluding carboxylic acids is 1. The number of hydrogen-bond donors (Lipinski definition) is 0. The molecular formula is C17H25NO2. The van der Waals surface area contributed by atoms with Gasteiger partial charge in [-0.1, -0.05) is 38.5 Å². The molecule has 20 heavy (non-hydrogen) atoms. The maximum atomic E-state index is 12.2. The van der Waals surface area contributed by atoms with Gasteiger partial charge in [-0.2, -0.15) is 0 Å². The number of likely N-dealkylation sites (tertiary alicyclic amines) is 1. The van der Waals surface area contributed by atoms with E-state index in [9.17, 15) is 4.79 Å². The van der Waals surface area contributed by atoms with Crippen molar-refractivity contribution in [1.29, 1.82) is 0 Å². The van der Waals surface area contributed by atoms with Gasteiger partial charge in [0, 0.05) is 0 Å². The van der Waals surface area contributed by atoms with Gasteiger partial charge in [-0.15, -0.1) is 0 Å². The van der Waals surface area contributed by atoms with Crippen molar-refractivity contribution in [2.24, 2.45) is 0 Å². The lowest BCUT2D eigenvalue weighted by molar-refractivity contribution is -0.136. The van der Waals surface area contributed by atoms with E-state index in [2.05, 4.69) is 18.7 Å². The van der Waals surface area contributed by atoms with Gasteiger partial charge in [-0.05, 0) is 49.9 Å². The van der Waals surface area contributed by atoms with Crippen LogP contribution in [-0.2, 0) is 17.6 Å². The highest BCUT2D eigenvalue weighted by molar-refractivity contribution is 5.75. The van der Waals surface area contributed by atoms with E-state index >= 15 is 0 Å². The SMILES string of the molecule is CCc1cccc(CC)c1OC(=O)CN1CCCCC1. The minimum atomic E-state index is -0.123. The lowest BCUT2D eigenvalue weighted by Crippen LogP contribution is -2.36. The van der Waals surface area contributed by atoms with Crippen LogP contribution >= 0.6 is 0 Å². The fraction of sp³-hybridized carbons (Fsp3) is 0.588. The van der Waals surface area contributed by atoms with E-state index in [1.807, 2.05) is 18.2 Å². The highest BCUT2D eigenvalue weighted by Crippen LogP contribution is 2.25. The molecule has 3 nitrogen and oxygen atoms in total. The van der Waals surface area contributed by atoms with Crippen molar-refractivity contribution in [2.75, 3.05) is 19.6 Å². The number of para-hydroxylation sites is 1. The summed E-state index contributed by atoms with van der Waals surface area (Å²) in [7, 11) is 0. The Morgan fingerprint density at radius 1 is 1.10 bits per heavy atom. The van der Waals surface area contributed by atoms with Gasteiger partial charge in [0.2, 0.25) is 0 Å². The van der Waals surface area contributed by atoms with Crippen LogP contribution in [0.25, 0.3) is 0 Å². The number of nitrogens with zero attached hydrogens (tertiary/aromatic N) is 1. The van der Waals surface area contributed by atoms with E-state index in [1.165, 1.54) is 19.3 Å². The lowest BCUT2D eigenvalue weighted by Gasteiger charge is -2.25. The number of aryl methyl sites for hydroxylation is 2. The Kier molecular flexibility index (Phi) is 5.60. The summed E-state index contributed by atoms with van der Waals surface area (Å²) < 4.78 is 5.68. The number of hydrogen-bond acceptors (Lipinski definition) is 3. The molecule has 1 aliphatic heterocycles. The van der Waals surface area contributed by atoms with E-state index in [1.54, 1.807) is 0 Å². The summed E-state index contributed by atoms with van der Waals surface area (Å²) >= 11 is 0. The first-order valence-corrected chi connectivity index (χ1v) is 7.78. The van der Waals surface area contributed by atoms with Crippen LogP contribution in [0.3, 0.4) is 0 Å². The van der Waals surface area contributed by atoms with Crippen molar-refractivity contribution < 1.29 is 9.53 Å². The van der Waals surface area contributed by atoms with Crippen LogP contribution in [0.5, 0.6) is 5.75 Å². The van der Waals surface area contributed by atoms with Crippen LogP contribution in [0, 0.1) is 0 Å². The monoisotopic (exact) mass is 275 g/mol. The van der Waals surface area contributed by atoms with Crippen molar-refractivity contribution >= 4 is 5.97 Å². The third-order valence-electron chi connectivity index (χ3n) is 3.96. The maximum Gasteiger partial charge on any atom is 0.325 e. The Morgan fingerprint density at radius 2 is 1.70 bits per heavy atom. The molecule has 0 spiro atoms. The van der Waals surface area contributed by atoms with Gasteiger partial charge in [0.1, 0.15) is 5.75 Å². The summed E-state index contributed by atoms with van der Waals surface area (Å²) in [4.78, 5) is 14.4. The minimum Gasteiger partial charge on any atom is -0.425 e. The molecule has 1 saturated heterocycles. The summed E-state index contributed by atoms with van der Waals surface area (Å²) in [6, 6.07) is 6.13. The van der Waals surface area contributed by atoms with Gasteiger partial charge in [-0.25, -0.2) is 0 Å². The molecule has 0 atom stereocenters. The largest absolute Gasteiger partial charge is 0.425 e. The number of esters is 1. The quantitative estimate of drug-likeness (QED) is 0.610. The molecule has 1 aliphatic rings. The fourth-order valence-corrected chi connectivity index (χ4v) is 2.77. The highest BCUT2D eigenvalue weighted by atomic mass is 16.5. The zero-order chi connectivity index (χ0) is 14.4. The van der Waals surface area contributed by atoms with Gasteiger partial charge in [-0.3, -0.25) is 9.69 Å². The molecule has 0 amide bonds. The average molecular weight is 275 g/mol. The summed E-state index contributed by atoms with van der Waals surface area (Å²) in [5.41, 5.74) is 2.24. The van der Waals surface area contributed by atoms with Gasteiger partial charge in [0.25, 0.3) is 0 Å². The standard InChI is InChI=1S/C17H25NO2/c1-3-14-9-8-10-15(4-2)17(14)20-16(19)13-18-11-6-5-7-12-18/h8-10H,3-7,11-13H2,1-2H3. The van der Waals surface area contributed by atoms with Crippen LogP contribution in [0.15, 0.2) is 18.2 Å². The predicted octanol–water partition coefficient (Wildman–Crippen LogP) is 3.20. The second-order valence-corrected chi connectivity index (χ2v) is 5.42. The van der Waals surface area contributed by atoms with Gasteiger partial charge >= 0.3 is 5.97 Å². The molecule has 0 radical (unpaired) electrons. The van der Waals surface area contributed by atoms with E-state index in [0.717, 1.165) is 42.8 Å². The number of piperidine rings is 1. The molecule has 0 aliphatic carbocycles. The second kappa shape index (κ2) is 7.44. The molecule has 0 saturated carbocycles. The van der Waals surface area contributed by atoms with Crippen molar-refractivity contribution in [1.82, 2.24) is 4.90 Å². The average Bonchev–Trinajstić information content (AvgIpc) is 2.48. The van der Waals surface area contributed by atoms with E-state index < -0.39 is 0 Å². The first kappa shape index (κ1) is 15.0. The van der Waals surface area contributed by atoms with Crippen LogP contribution < -0.4 is 4.74 Å². The summed E-state index contributed by atoms with van der Waals surface area (Å²) in [5.74, 6) is 0.669. The first-order valence-electron chi connectivity index (χ1n) is 7.78. The van der Waals surface area contributed by atoms with Crippen molar-refractivity contribution in [3.8, 4) is 5.75 Å². The number of carbonyl (C=O) groups is 1. The van der Waals surface area contributed by atoms with Gasteiger partial charge in [0.15, 0.2) is 0 Å². The molecule has 0 unspecified atom stereocenters. The van der Waals surface area contributed by atoms with Crippen molar-refractivity contribution in [2.45, 2.75) is 46.0 Å². The Bertz CT molecular complexity index is 428. The van der Waals surface area contributed by atoms with E-state index in [0.29, 0.717) is 6.54 Å². The Labute approximate surface area is 121 Å². The fourth-order valence-electron chi connectivity index (χ4n) is 2.77. The van der Waals surface area contributed by atoms with Crippen LogP contribution in [-0.4, -0.2) is 30.5 Å². The number of benzene rings is 1. The smallest absolute Gasteiger partial charge is 0.325 e. The van der Waals surface area contributed by atoms with Crippen molar-refractivity contribution in [3.05, 3.63) is 29.3 Å². The first-order chi connectivity index (χ1) is 9.74. The molecule has 0 bridgehead atoms. The third-order valence-corrected chi connectivity index (χ3v) is 3.96. The van der Waals surface area contributed by atoms with Crippen molar-refractivity contribution in [3.63, 3.8) is 0 Å². The zero-order valence-corrected chi connectivity index (χ0v) is 12.7. The molecule has 0 aromatic heterocycles. The topological polar surface area (TPSA) is 29.5 Å². The molecule has 2 rings (SSSR count). The Balaban J connectivity index is 2.02. The normalized spacial score (nSPS) is 16.1. The van der Waals surface area contributed by atoms with Crippen LogP contribution in [0.1, 0.15) is 44.2 Å². The van der Waals surface area contributed by atoms with Crippen LogP contribution in [0.4, 0.5) is 0 Å². The summed E-state index contributed by atoms with van der Waals surface area (Å²) in [5, 5.41) is 0. The zero-order valence-electron chi connectivity index (χ0n) is 12.7. The highest BCUT2D eigenvalue weighted by Gasteiger charge is 2.17. The predicted molar refractivity (Wildman–Crippen MR) is 81.1 cm³/mol. The molecule has 1 fully saturated rings. The maximum absolute atomic E-state index is 12.2. The second-order valence-electron chi connectivity index (χ2n) is 5.42. The molecule has 1 aromatic carbocycles. The lowest BCUT2D eigenvalue weighted by atomic mass is 10.0. The van der Waals surface area contributed by atoms with Gasteiger partial charge in [0.05, 0.1) is 6.54 Å². The molecule has 1 aromatic rings. The Morgan fingerprint density at radius 3 is 2.25 bits per heavy atom. The molecule has 110 valence electrons. The molecule has 0 N–H and O–H groups in total. The summed E-state index contributed by atoms with van der Waals surface area (Å²) in [6.07, 6.45) is 5.45. The van der Waals surface area contributed by atoms with Crippen LogP contribution in [0.2, 0.25) is 0 Å². The number of rotatable bonds is 5. The third kappa shape index (κ3) is 3.83. The molecule has 3 heteroatoms. The van der Waals surface area contributed by atoms with E-state index in [4.69, 9.17) is 4.74 Å². The van der Waals surface area contributed by atoms with Gasteiger partial charge < -0.3 is 4.74 Å². The summed E-state index contributed by atoms with van der Waals surface area (Å²) in [6.45, 7) is 6.64. The Hall–Kier alpha value is -1.35. The minimum absolute atomic E-state index is 0.123. The molecule has 1 heterocycles. The molecular weight excluding hydrogens is 250 g/mol. The van der Waals surface area contributed by atoms with E-state index in [-0.39, 0.29) is 5.97 Å². The number of ether oxygens (including phenoxy) is 1.